The van der Waals surface area contributed by atoms with Crippen LogP contribution in [0.15, 0.2) is 176 Å². The lowest BCUT2D eigenvalue weighted by molar-refractivity contribution is 0.908. The Morgan fingerprint density at radius 2 is 0.887 bits per heavy atom. The Bertz CT molecular complexity index is 2990. The summed E-state index contributed by atoms with van der Waals surface area (Å²) >= 11 is 0. The molecule has 1 aliphatic rings. The van der Waals surface area contributed by atoms with Gasteiger partial charge in [-0.3, -0.25) is 4.57 Å². The number of hydrogen-bond donors (Lipinski definition) is 0. The summed E-state index contributed by atoms with van der Waals surface area (Å²) in [6.45, 7) is 2.17. The van der Waals surface area contributed by atoms with Crippen LogP contribution >= 0.6 is 0 Å². The molecule has 0 bridgehead atoms. The van der Waals surface area contributed by atoms with Crippen molar-refractivity contribution in [2.75, 3.05) is 0 Å². The Hall–Kier alpha value is -6.77. The summed E-state index contributed by atoms with van der Waals surface area (Å²) in [5.74, 6) is 1.08. The first-order valence-corrected chi connectivity index (χ1v) is 18.5. The molecule has 0 fully saturated rings. The molecule has 0 aliphatic heterocycles. The Morgan fingerprint density at radius 1 is 0.396 bits per heavy atom. The SMILES string of the molecule is CCc1nc2ccccc2n1-c1ccc(-c2ccc(-c3c4ccccc4c(-c4ccc5c6c(cccc46)-c4ccccc4-5)c4ccccc34)cc2)cc1. The molecule has 53 heavy (non-hydrogen) atoms. The fourth-order valence-electron chi connectivity index (χ4n) is 8.99. The maximum atomic E-state index is 4.89. The monoisotopic (exact) mass is 674 g/mol. The molecule has 1 heterocycles. The maximum absolute atomic E-state index is 4.89. The van der Waals surface area contributed by atoms with Gasteiger partial charge in [-0.25, -0.2) is 4.98 Å². The zero-order valence-corrected chi connectivity index (χ0v) is 29.3. The molecule has 2 heteroatoms. The van der Waals surface area contributed by atoms with Gasteiger partial charge in [-0.1, -0.05) is 159 Å². The minimum absolute atomic E-state index is 0.876. The van der Waals surface area contributed by atoms with Crippen LogP contribution in [-0.4, -0.2) is 9.55 Å². The Labute approximate surface area is 308 Å². The predicted octanol–water partition coefficient (Wildman–Crippen LogP) is 13.7. The molecule has 0 unspecified atom stereocenters. The van der Waals surface area contributed by atoms with E-state index in [4.69, 9.17) is 4.98 Å². The van der Waals surface area contributed by atoms with Crippen LogP contribution in [0.25, 0.3) is 105 Å². The second kappa shape index (κ2) is 11.6. The summed E-state index contributed by atoms with van der Waals surface area (Å²) in [5, 5.41) is 7.75. The molecule has 0 radical (unpaired) electrons. The van der Waals surface area contributed by atoms with E-state index in [2.05, 4.69) is 187 Å². The van der Waals surface area contributed by atoms with E-state index in [0.717, 1.165) is 29.0 Å². The molecule has 1 aliphatic carbocycles. The zero-order valence-electron chi connectivity index (χ0n) is 29.3. The van der Waals surface area contributed by atoms with Crippen LogP contribution in [0.2, 0.25) is 0 Å². The standard InChI is InChI=1S/C51H34N2/c1-2-48-52-46-20-9-10-21-47(46)53(48)35-28-26-33(27-29-35)32-22-24-34(25-23-32)49-39-14-5-7-16-41(39)51(42-17-8-6-15-40(42)49)45-31-30-44-37-13-4-3-12-36(37)38-18-11-19-43(45)50(38)44/h3-31H,2H2,1H3. The van der Waals surface area contributed by atoms with Crippen LogP contribution < -0.4 is 0 Å². The van der Waals surface area contributed by atoms with Crippen LogP contribution in [0.1, 0.15) is 12.7 Å². The Balaban J connectivity index is 1.04. The molecule has 1 aromatic heterocycles. The van der Waals surface area contributed by atoms with Crippen molar-refractivity contribution >= 4 is 43.4 Å². The van der Waals surface area contributed by atoms with Gasteiger partial charge in [0.15, 0.2) is 0 Å². The van der Waals surface area contributed by atoms with Crippen LogP contribution in [0.5, 0.6) is 0 Å². The molecule has 0 amide bonds. The van der Waals surface area contributed by atoms with Crippen molar-refractivity contribution in [1.29, 1.82) is 0 Å². The predicted molar refractivity (Wildman–Crippen MR) is 224 cm³/mol. The normalized spacial score (nSPS) is 11.9. The minimum atomic E-state index is 0.876. The summed E-state index contributed by atoms with van der Waals surface area (Å²) < 4.78 is 2.28. The van der Waals surface area contributed by atoms with Gasteiger partial charge in [-0.05, 0) is 112 Å². The van der Waals surface area contributed by atoms with Crippen molar-refractivity contribution in [3.05, 3.63) is 182 Å². The van der Waals surface area contributed by atoms with E-state index >= 15 is 0 Å². The second-order valence-corrected chi connectivity index (χ2v) is 14.1. The zero-order chi connectivity index (χ0) is 35.0. The molecule has 0 saturated carbocycles. The van der Waals surface area contributed by atoms with Gasteiger partial charge < -0.3 is 0 Å². The van der Waals surface area contributed by atoms with E-state index in [1.165, 1.54) is 88.0 Å². The van der Waals surface area contributed by atoms with E-state index in [0.29, 0.717) is 0 Å². The molecular weight excluding hydrogens is 641 g/mol. The molecule has 11 rings (SSSR count). The van der Waals surface area contributed by atoms with E-state index in [1.54, 1.807) is 0 Å². The lowest BCUT2D eigenvalue weighted by Gasteiger charge is -2.19. The number of para-hydroxylation sites is 2. The fourth-order valence-corrected chi connectivity index (χ4v) is 8.99. The third-order valence-corrected chi connectivity index (χ3v) is 11.3. The first kappa shape index (κ1) is 29.9. The molecule has 0 saturated heterocycles. The van der Waals surface area contributed by atoms with Gasteiger partial charge in [0, 0.05) is 12.1 Å². The summed E-state index contributed by atoms with van der Waals surface area (Å²) in [6.07, 6.45) is 0.876. The van der Waals surface area contributed by atoms with E-state index < -0.39 is 0 Å². The van der Waals surface area contributed by atoms with Gasteiger partial charge in [0.05, 0.1) is 11.0 Å². The molecule has 9 aromatic carbocycles. The van der Waals surface area contributed by atoms with E-state index in [9.17, 15) is 0 Å². The van der Waals surface area contributed by atoms with Crippen molar-refractivity contribution < 1.29 is 0 Å². The number of aromatic nitrogens is 2. The average Bonchev–Trinajstić information content (AvgIpc) is 3.77. The van der Waals surface area contributed by atoms with Crippen molar-refractivity contribution in [1.82, 2.24) is 9.55 Å². The van der Waals surface area contributed by atoms with Gasteiger partial charge in [-0.2, -0.15) is 0 Å². The van der Waals surface area contributed by atoms with Crippen molar-refractivity contribution in [3.63, 3.8) is 0 Å². The average molecular weight is 675 g/mol. The molecule has 0 atom stereocenters. The lowest BCUT2D eigenvalue weighted by atomic mass is 9.84. The van der Waals surface area contributed by atoms with Crippen LogP contribution in [0.3, 0.4) is 0 Å². The van der Waals surface area contributed by atoms with Gasteiger partial charge >= 0.3 is 0 Å². The van der Waals surface area contributed by atoms with Crippen molar-refractivity contribution in [2.24, 2.45) is 0 Å². The first-order valence-electron chi connectivity index (χ1n) is 18.5. The molecule has 2 nitrogen and oxygen atoms in total. The minimum Gasteiger partial charge on any atom is -0.296 e. The van der Waals surface area contributed by atoms with Crippen molar-refractivity contribution in [2.45, 2.75) is 13.3 Å². The molecule has 248 valence electrons. The maximum Gasteiger partial charge on any atom is 0.114 e. The molecule has 0 N–H and O–H groups in total. The summed E-state index contributed by atoms with van der Waals surface area (Å²) in [6, 6.07) is 64.7. The second-order valence-electron chi connectivity index (χ2n) is 14.1. The van der Waals surface area contributed by atoms with Crippen molar-refractivity contribution in [3.8, 4) is 61.3 Å². The Kier molecular flexibility index (Phi) is 6.56. The van der Waals surface area contributed by atoms with E-state index in [-0.39, 0.29) is 0 Å². The van der Waals surface area contributed by atoms with Gasteiger partial charge in [0.1, 0.15) is 5.82 Å². The highest BCUT2D eigenvalue weighted by atomic mass is 15.1. The number of nitrogens with zero attached hydrogens (tertiary/aromatic N) is 2. The molecule has 10 aromatic rings. The number of hydrogen-bond acceptors (Lipinski definition) is 1. The lowest BCUT2D eigenvalue weighted by Crippen LogP contribution is -1.99. The molecular formula is C51H34N2. The van der Waals surface area contributed by atoms with Crippen LogP contribution in [0.4, 0.5) is 0 Å². The largest absolute Gasteiger partial charge is 0.296 e. The number of benzene rings is 9. The molecule has 0 spiro atoms. The number of imidazole rings is 1. The summed E-state index contributed by atoms with van der Waals surface area (Å²) in [7, 11) is 0. The van der Waals surface area contributed by atoms with Crippen LogP contribution in [-0.2, 0) is 6.42 Å². The smallest absolute Gasteiger partial charge is 0.114 e. The third kappa shape index (κ3) is 4.42. The number of aryl methyl sites for hydroxylation is 1. The van der Waals surface area contributed by atoms with Gasteiger partial charge in [-0.15, -0.1) is 0 Å². The van der Waals surface area contributed by atoms with Gasteiger partial charge in [0.2, 0.25) is 0 Å². The topological polar surface area (TPSA) is 17.8 Å². The van der Waals surface area contributed by atoms with Crippen LogP contribution in [0, 0.1) is 0 Å². The van der Waals surface area contributed by atoms with Gasteiger partial charge in [0.25, 0.3) is 0 Å². The quantitative estimate of drug-likeness (QED) is 0.166. The summed E-state index contributed by atoms with van der Waals surface area (Å²) in [5.41, 5.74) is 16.1. The summed E-state index contributed by atoms with van der Waals surface area (Å²) in [4.78, 5) is 4.89. The fraction of sp³-hybridized carbons (Fsp3) is 0.0392. The highest BCUT2D eigenvalue weighted by Crippen LogP contribution is 2.51. The number of rotatable bonds is 5. The highest BCUT2D eigenvalue weighted by molar-refractivity contribution is 6.26. The van der Waals surface area contributed by atoms with E-state index in [1.807, 2.05) is 0 Å². The Morgan fingerprint density at radius 3 is 1.55 bits per heavy atom. The first-order chi connectivity index (χ1) is 26.3. The third-order valence-electron chi connectivity index (χ3n) is 11.3. The number of fused-ring (bicyclic) bond motifs is 6. The highest BCUT2D eigenvalue weighted by Gasteiger charge is 2.24.